The van der Waals surface area contributed by atoms with Crippen LogP contribution in [-0.2, 0) is 9.53 Å². The number of aliphatic hydroxyl groups is 1. The van der Waals surface area contributed by atoms with Gasteiger partial charge in [0.1, 0.15) is 3.92 Å². The standard InChI is InChI=1S/C16H21F6IO3/c1-2-12(23)13(24)26-7-10-4-8-3-9(11(10)5-8)6-14(25,15(17,18)19)16(20,21)22/h8-12,25H,2-7H2,1H3. The van der Waals surface area contributed by atoms with Gasteiger partial charge >= 0.3 is 18.3 Å². The molecule has 3 nitrogen and oxygen atoms in total. The van der Waals surface area contributed by atoms with Gasteiger partial charge < -0.3 is 9.84 Å². The Labute approximate surface area is 161 Å². The number of alkyl halides is 7. The highest BCUT2D eigenvalue weighted by atomic mass is 127. The zero-order chi connectivity index (χ0) is 19.9. The maximum atomic E-state index is 12.9. The van der Waals surface area contributed by atoms with Crippen LogP contribution in [0.1, 0.15) is 39.0 Å². The summed E-state index contributed by atoms with van der Waals surface area (Å²) in [4.78, 5) is 11.7. The van der Waals surface area contributed by atoms with Crippen molar-refractivity contribution in [1.82, 2.24) is 0 Å². The molecule has 0 spiro atoms. The molecule has 2 aliphatic carbocycles. The van der Waals surface area contributed by atoms with Crippen LogP contribution >= 0.6 is 22.6 Å². The van der Waals surface area contributed by atoms with Gasteiger partial charge in [0, 0.05) is 0 Å². The number of hydrogen-bond donors (Lipinski definition) is 1. The molecule has 2 aliphatic rings. The fourth-order valence-corrected chi connectivity index (χ4v) is 4.47. The summed E-state index contributed by atoms with van der Waals surface area (Å²) in [6.45, 7) is 1.81. The Bertz CT molecular complexity index is 507. The van der Waals surface area contributed by atoms with Crippen LogP contribution < -0.4 is 0 Å². The van der Waals surface area contributed by atoms with Gasteiger partial charge in [-0.2, -0.15) is 26.3 Å². The Morgan fingerprint density at radius 3 is 2.12 bits per heavy atom. The van der Waals surface area contributed by atoms with Crippen LogP contribution in [0.3, 0.4) is 0 Å². The SMILES string of the molecule is CCC(I)C(=O)OCC1CC2CC(CC(O)(C(F)(F)F)C(F)(F)F)C1C2. The van der Waals surface area contributed by atoms with Crippen molar-refractivity contribution < 1.29 is 41.0 Å². The third-order valence-electron chi connectivity index (χ3n) is 5.64. The van der Waals surface area contributed by atoms with E-state index in [2.05, 4.69) is 0 Å². The molecule has 2 rings (SSSR count). The zero-order valence-electron chi connectivity index (χ0n) is 14.0. The summed E-state index contributed by atoms with van der Waals surface area (Å²) >= 11 is 1.92. The molecule has 0 aromatic heterocycles. The molecule has 5 unspecified atom stereocenters. The minimum absolute atomic E-state index is 0.00641. The fraction of sp³-hybridized carbons (Fsp3) is 0.938. The lowest BCUT2D eigenvalue weighted by molar-refractivity contribution is -0.373. The summed E-state index contributed by atoms with van der Waals surface area (Å²) in [5, 5.41) is 9.45. The molecule has 0 aliphatic heterocycles. The van der Waals surface area contributed by atoms with Gasteiger partial charge in [0.2, 0.25) is 0 Å². The normalized spacial score (nSPS) is 30.5. The number of hydrogen-bond acceptors (Lipinski definition) is 3. The minimum atomic E-state index is -5.79. The Morgan fingerprint density at radius 1 is 1.12 bits per heavy atom. The van der Waals surface area contributed by atoms with Crippen LogP contribution in [0.4, 0.5) is 26.3 Å². The largest absolute Gasteiger partial charge is 0.465 e. The van der Waals surface area contributed by atoms with E-state index >= 15 is 0 Å². The van der Waals surface area contributed by atoms with Gasteiger partial charge in [0.15, 0.2) is 0 Å². The average molecular weight is 502 g/mol. The molecule has 2 fully saturated rings. The molecule has 0 amide bonds. The lowest BCUT2D eigenvalue weighted by atomic mass is 9.75. The molecule has 0 radical (unpaired) electrons. The summed E-state index contributed by atoms with van der Waals surface area (Å²) in [5.41, 5.74) is -4.70. The van der Waals surface area contributed by atoms with Crippen molar-refractivity contribution in [3.63, 3.8) is 0 Å². The zero-order valence-corrected chi connectivity index (χ0v) is 16.2. The lowest BCUT2D eigenvalue weighted by Gasteiger charge is -2.38. The van der Waals surface area contributed by atoms with Gasteiger partial charge in [-0.25, -0.2) is 0 Å². The van der Waals surface area contributed by atoms with Crippen LogP contribution in [-0.4, -0.2) is 39.6 Å². The summed E-state index contributed by atoms with van der Waals surface area (Å²) in [7, 11) is 0. The van der Waals surface area contributed by atoms with E-state index in [-0.39, 0.29) is 28.8 Å². The van der Waals surface area contributed by atoms with Gasteiger partial charge in [-0.05, 0) is 55.8 Å². The van der Waals surface area contributed by atoms with Gasteiger partial charge in [0.25, 0.3) is 5.60 Å². The second-order valence-corrected chi connectivity index (χ2v) is 8.83. The predicted molar refractivity (Wildman–Crippen MR) is 88.5 cm³/mol. The molecule has 10 heteroatoms. The highest BCUT2D eigenvalue weighted by Gasteiger charge is 2.71. The van der Waals surface area contributed by atoms with E-state index in [0.717, 1.165) is 0 Å². The Morgan fingerprint density at radius 2 is 1.65 bits per heavy atom. The number of halogens is 7. The van der Waals surface area contributed by atoms with E-state index in [1.165, 1.54) is 0 Å². The van der Waals surface area contributed by atoms with Crippen molar-refractivity contribution in [2.45, 2.75) is 60.9 Å². The molecule has 152 valence electrons. The average Bonchev–Trinajstić information content (AvgIpc) is 3.09. The first-order chi connectivity index (χ1) is 11.8. The van der Waals surface area contributed by atoms with Crippen molar-refractivity contribution in [3.8, 4) is 0 Å². The van der Waals surface area contributed by atoms with Crippen molar-refractivity contribution >= 4 is 28.6 Å². The highest BCUT2D eigenvalue weighted by Crippen LogP contribution is 2.57. The number of esters is 1. The molecule has 2 bridgehead atoms. The molecular formula is C16H21F6IO3. The fourth-order valence-electron chi connectivity index (χ4n) is 4.29. The Balaban J connectivity index is 2.05. The number of ether oxygens (including phenoxy) is 1. The summed E-state index contributed by atoms with van der Waals surface area (Å²) in [5.74, 6) is -1.96. The van der Waals surface area contributed by atoms with Crippen LogP contribution in [0, 0.1) is 23.7 Å². The maximum absolute atomic E-state index is 12.9. The van der Waals surface area contributed by atoms with Gasteiger partial charge in [-0.15, -0.1) is 0 Å². The first-order valence-electron chi connectivity index (χ1n) is 8.46. The monoisotopic (exact) mass is 502 g/mol. The molecule has 1 N–H and O–H groups in total. The van der Waals surface area contributed by atoms with E-state index in [0.29, 0.717) is 19.3 Å². The number of rotatable bonds is 6. The van der Waals surface area contributed by atoms with E-state index in [9.17, 15) is 36.2 Å². The van der Waals surface area contributed by atoms with Crippen molar-refractivity contribution in [2.24, 2.45) is 23.7 Å². The molecule has 0 aromatic rings. The van der Waals surface area contributed by atoms with Crippen LogP contribution in [0.15, 0.2) is 0 Å². The predicted octanol–water partition coefficient (Wildman–Crippen LogP) is 4.65. The van der Waals surface area contributed by atoms with Gasteiger partial charge in [0.05, 0.1) is 6.61 Å². The van der Waals surface area contributed by atoms with Crippen molar-refractivity contribution in [2.75, 3.05) is 6.61 Å². The summed E-state index contributed by atoms with van der Waals surface area (Å²) in [6.07, 6.45) is -11.0. The molecule has 5 atom stereocenters. The minimum Gasteiger partial charge on any atom is -0.465 e. The quantitative estimate of drug-likeness (QED) is 0.249. The maximum Gasteiger partial charge on any atom is 0.426 e. The second-order valence-electron chi connectivity index (χ2n) is 7.32. The Hall–Kier alpha value is -0.260. The lowest BCUT2D eigenvalue weighted by Crippen LogP contribution is -2.58. The molecule has 0 saturated heterocycles. The molecule has 0 aromatic carbocycles. The van der Waals surface area contributed by atoms with E-state index in [4.69, 9.17) is 4.74 Å². The summed E-state index contributed by atoms with van der Waals surface area (Å²) in [6, 6.07) is 0. The van der Waals surface area contributed by atoms with Crippen LogP contribution in [0.25, 0.3) is 0 Å². The second kappa shape index (κ2) is 7.63. The summed E-state index contributed by atoms with van der Waals surface area (Å²) < 4.78 is 82.5. The van der Waals surface area contributed by atoms with Crippen molar-refractivity contribution in [3.05, 3.63) is 0 Å². The van der Waals surface area contributed by atoms with Gasteiger partial charge in [-0.3, -0.25) is 4.79 Å². The third-order valence-corrected chi connectivity index (χ3v) is 7.03. The van der Waals surface area contributed by atoms with Gasteiger partial charge in [-0.1, -0.05) is 29.5 Å². The molecule has 26 heavy (non-hydrogen) atoms. The number of carbonyl (C=O) groups is 1. The smallest absolute Gasteiger partial charge is 0.426 e. The first-order valence-corrected chi connectivity index (χ1v) is 9.71. The van der Waals surface area contributed by atoms with E-state index in [1.807, 2.05) is 22.6 Å². The number of fused-ring (bicyclic) bond motifs is 2. The molecule has 0 heterocycles. The topological polar surface area (TPSA) is 46.5 Å². The van der Waals surface area contributed by atoms with E-state index < -0.39 is 42.2 Å². The number of carbonyl (C=O) groups excluding carboxylic acids is 1. The van der Waals surface area contributed by atoms with E-state index in [1.54, 1.807) is 6.92 Å². The highest BCUT2D eigenvalue weighted by molar-refractivity contribution is 14.1. The van der Waals surface area contributed by atoms with Crippen LogP contribution in [0.5, 0.6) is 0 Å². The van der Waals surface area contributed by atoms with Crippen LogP contribution in [0.2, 0.25) is 0 Å². The molecule has 2 saturated carbocycles. The third kappa shape index (κ3) is 4.25. The van der Waals surface area contributed by atoms with Crippen molar-refractivity contribution in [1.29, 1.82) is 0 Å². The first kappa shape index (κ1) is 22.0. The molecular weight excluding hydrogens is 481 g/mol. The Kier molecular flexibility index (Phi) is 6.47.